The number of nitriles is 1. The van der Waals surface area contributed by atoms with E-state index in [4.69, 9.17) is 4.74 Å². The van der Waals surface area contributed by atoms with E-state index in [1.54, 1.807) is 37.4 Å². The van der Waals surface area contributed by atoms with Crippen LogP contribution in [0.2, 0.25) is 0 Å². The molecule has 3 aromatic rings. The van der Waals surface area contributed by atoms with Crippen LogP contribution < -0.4 is 0 Å². The third kappa shape index (κ3) is 8.63. The smallest absolute Gasteiger partial charge is 0.411 e. The molecule has 0 N–H and O–H groups in total. The normalized spacial score (nSPS) is 14.9. The topological polar surface area (TPSA) is 137 Å². The largest absolute Gasteiger partial charge is 0.445 e. The first-order valence-corrected chi connectivity index (χ1v) is 16.0. The number of benzene rings is 3. The van der Waals surface area contributed by atoms with Crippen molar-refractivity contribution < 1.29 is 22.9 Å². The quantitative estimate of drug-likeness (QED) is 0.148. The molecule has 0 spiro atoms. The molecule has 1 fully saturated rings. The molecule has 3 aromatic carbocycles. The maximum atomic E-state index is 13.2. The van der Waals surface area contributed by atoms with Gasteiger partial charge in [0.1, 0.15) is 13.2 Å². The van der Waals surface area contributed by atoms with Gasteiger partial charge in [0.2, 0.25) is 10.0 Å². The van der Waals surface area contributed by atoms with Crippen LogP contribution in [0, 0.1) is 21.4 Å². The molecule has 0 aromatic heterocycles. The molecule has 1 aliphatic rings. The number of sulfonamides is 1. The summed E-state index contributed by atoms with van der Waals surface area (Å²) in [5.41, 5.74) is 1.65. The Morgan fingerprint density at radius 3 is 2.25 bits per heavy atom. The van der Waals surface area contributed by atoms with Crippen LogP contribution in [0.3, 0.4) is 0 Å². The lowest BCUT2D eigenvalue weighted by Crippen LogP contribution is -2.48. The number of non-ortho nitro benzene ring substituents is 1. The van der Waals surface area contributed by atoms with Gasteiger partial charge in [-0.2, -0.15) is 5.26 Å². The molecule has 0 saturated carbocycles. The van der Waals surface area contributed by atoms with Crippen molar-refractivity contribution in [2.24, 2.45) is 0 Å². The van der Waals surface area contributed by atoms with Crippen LogP contribution in [0.1, 0.15) is 36.3 Å². The SMILES string of the molecule is CN(C[C@@H](CCN1CCC(N(CC#N)C(=O)OCc2ccc([N+](=O)[O-])cc2)CC1)c1ccccc1)S(=O)(=O)c1ccccc1. The number of nitro benzene ring substituents is 1. The van der Waals surface area contributed by atoms with Crippen LogP contribution in [0.15, 0.2) is 89.8 Å². The van der Waals surface area contributed by atoms with Gasteiger partial charge >= 0.3 is 6.09 Å². The number of likely N-dealkylation sites (tertiary alicyclic amines) is 1. The Balaban J connectivity index is 1.32. The molecular weight excluding hydrogens is 582 g/mol. The van der Waals surface area contributed by atoms with Gasteiger partial charge in [0.15, 0.2) is 0 Å². The number of nitrogens with zero attached hydrogens (tertiary/aromatic N) is 5. The summed E-state index contributed by atoms with van der Waals surface area (Å²) in [5, 5.41) is 20.2. The third-order valence-electron chi connectivity index (χ3n) is 7.98. The number of piperidine rings is 1. The molecule has 12 heteroatoms. The van der Waals surface area contributed by atoms with Crippen LogP contribution in [0.25, 0.3) is 0 Å². The monoisotopic (exact) mass is 619 g/mol. The van der Waals surface area contributed by atoms with Crippen molar-refractivity contribution in [1.82, 2.24) is 14.1 Å². The zero-order valence-electron chi connectivity index (χ0n) is 24.7. The van der Waals surface area contributed by atoms with E-state index in [2.05, 4.69) is 11.0 Å². The molecule has 1 amide bonds. The van der Waals surface area contributed by atoms with Crippen LogP contribution >= 0.6 is 0 Å². The summed E-state index contributed by atoms with van der Waals surface area (Å²) in [7, 11) is -2.01. The number of ether oxygens (including phenoxy) is 1. The van der Waals surface area contributed by atoms with Crippen molar-refractivity contribution in [3.05, 3.63) is 106 Å². The van der Waals surface area contributed by atoms with E-state index in [1.165, 1.54) is 33.5 Å². The third-order valence-corrected chi connectivity index (χ3v) is 9.81. The minimum atomic E-state index is -3.63. The summed E-state index contributed by atoms with van der Waals surface area (Å²) in [6.45, 7) is 2.40. The van der Waals surface area contributed by atoms with E-state index >= 15 is 0 Å². The molecule has 0 bridgehead atoms. The number of likely N-dealkylation sites (N-methyl/N-ethyl adjacent to an activating group) is 1. The number of carbonyl (C=O) groups excluding carboxylic acids is 1. The lowest BCUT2D eigenvalue weighted by atomic mass is 9.94. The predicted molar refractivity (Wildman–Crippen MR) is 165 cm³/mol. The van der Waals surface area contributed by atoms with Crippen molar-refractivity contribution in [2.45, 2.75) is 42.7 Å². The first kappa shape index (κ1) is 32.6. The number of rotatable bonds is 13. The van der Waals surface area contributed by atoms with Gasteiger partial charge in [-0.3, -0.25) is 15.0 Å². The highest BCUT2D eigenvalue weighted by atomic mass is 32.2. The minimum absolute atomic E-state index is 0.0121. The molecule has 0 aliphatic carbocycles. The Morgan fingerprint density at radius 1 is 1.05 bits per heavy atom. The Labute approximate surface area is 258 Å². The van der Waals surface area contributed by atoms with E-state index in [0.717, 1.165) is 31.6 Å². The Bertz CT molecular complexity index is 1520. The van der Waals surface area contributed by atoms with Crippen molar-refractivity contribution in [3.8, 4) is 6.07 Å². The van der Waals surface area contributed by atoms with E-state index in [1.807, 2.05) is 30.3 Å². The second-order valence-corrected chi connectivity index (χ2v) is 12.9. The summed E-state index contributed by atoms with van der Waals surface area (Å²) in [4.78, 5) is 27.3. The first-order valence-electron chi connectivity index (χ1n) is 14.5. The zero-order chi connectivity index (χ0) is 31.5. The van der Waals surface area contributed by atoms with Gasteiger partial charge in [0.05, 0.1) is 15.9 Å². The summed E-state index contributed by atoms with van der Waals surface area (Å²) < 4.78 is 33.3. The fourth-order valence-electron chi connectivity index (χ4n) is 5.42. The van der Waals surface area contributed by atoms with Gasteiger partial charge in [-0.1, -0.05) is 48.5 Å². The van der Waals surface area contributed by atoms with Crippen molar-refractivity contribution >= 4 is 21.8 Å². The molecule has 232 valence electrons. The molecule has 1 aliphatic heterocycles. The lowest BCUT2D eigenvalue weighted by molar-refractivity contribution is -0.384. The minimum Gasteiger partial charge on any atom is -0.445 e. The second-order valence-electron chi connectivity index (χ2n) is 10.8. The average Bonchev–Trinajstić information content (AvgIpc) is 3.05. The van der Waals surface area contributed by atoms with E-state index in [0.29, 0.717) is 24.9 Å². The van der Waals surface area contributed by atoms with Gasteiger partial charge in [0, 0.05) is 44.9 Å². The maximum Gasteiger partial charge on any atom is 0.411 e. The molecule has 4 rings (SSSR count). The Morgan fingerprint density at radius 2 is 1.66 bits per heavy atom. The standard InChI is InChI=1S/C32H37N5O6S/c1-34(44(41,42)31-10-6-3-7-11-31)24-28(27-8-4-2-5-9-27)16-20-35-21-17-29(18-22-35)36(23-19-33)32(38)43-25-26-12-14-30(15-13-26)37(39)40/h2-15,28-29H,16-18,20-25H2,1H3/t28-/m1/s1. The highest BCUT2D eigenvalue weighted by molar-refractivity contribution is 7.89. The fourth-order valence-corrected chi connectivity index (χ4v) is 6.66. The highest BCUT2D eigenvalue weighted by Crippen LogP contribution is 2.26. The lowest BCUT2D eigenvalue weighted by Gasteiger charge is -2.37. The molecule has 1 atom stereocenters. The van der Waals surface area contributed by atoms with Gasteiger partial charge in [-0.05, 0) is 67.1 Å². The highest BCUT2D eigenvalue weighted by Gasteiger charge is 2.30. The Kier molecular flexibility index (Phi) is 11.4. The van der Waals surface area contributed by atoms with Crippen molar-refractivity contribution in [3.63, 3.8) is 0 Å². The van der Waals surface area contributed by atoms with Crippen LogP contribution in [0.4, 0.5) is 10.5 Å². The molecule has 1 heterocycles. The zero-order valence-corrected chi connectivity index (χ0v) is 25.5. The van der Waals surface area contributed by atoms with Gasteiger partial charge in [-0.15, -0.1) is 0 Å². The molecule has 1 saturated heterocycles. The number of hydrogen-bond acceptors (Lipinski definition) is 8. The van der Waals surface area contributed by atoms with Crippen LogP contribution in [-0.4, -0.2) is 79.4 Å². The molecule has 0 unspecified atom stereocenters. The molecule has 0 radical (unpaired) electrons. The van der Waals surface area contributed by atoms with E-state index in [9.17, 15) is 28.6 Å². The first-order chi connectivity index (χ1) is 21.2. The molecular formula is C32H37N5O6S. The van der Waals surface area contributed by atoms with Gasteiger partial charge in [-0.25, -0.2) is 17.5 Å². The van der Waals surface area contributed by atoms with Crippen LogP contribution in [-0.2, 0) is 21.4 Å². The maximum absolute atomic E-state index is 13.2. The van der Waals surface area contributed by atoms with Crippen molar-refractivity contribution in [2.75, 3.05) is 39.8 Å². The summed E-state index contributed by atoms with van der Waals surface area (Å²) in [6, 6.07) is 26.1. The average molecular weight is 620 g/mol. The van der Waals surface area contributed by atoms with Crippen LogP contribution in [0.5, 0.6) is 0 Å². The molecule has 11 nitrogen and oxygen atoms in total. The molecule has 44 heavy (non-hydrogen) atoms. The summed E-state index contributed by atoms with van der Waals surface area (Å²) in [5.74, 6) is -0.0121. The Hall–Kier alpha value is -4.31. The van der Waals surface area contributed by atoms with E-state index < -0.39 is 21.0 Å². The number of nitro groups is 1. The predicted octanol–water partition coefficient (Wildman–Crippen LogP) is 5.02. The number of amides is 1. The van der Waals surface area contributed by atoms with Gasteiger partial charge < -0.3 is 9.64 Å². The van der Waals surface area contributed by atoms with Crippen molar-refractivity contribution in [1.29, 1.82) is 5.26 Å². The van der Waals surface area contributed by atoms with Gasteiger partial charge in [0.25, 0.3) is 5.69 Å². The summed E-state index contributed by atoms with van der Waals surface area (Å²) in [6.07, 6.45) is 1.51. The number of carbonyl (C=O) groups is 1. The van der Waals surface area contributed by atoms with E-state index in [-0.39, 0.29) is 35.7 Å². The summed E-state index contributed by atoms with van der Waals surface area (Å²) >= 11 is 0. The number of hydrogen-bond donors (Lipinski definition) is 0. The second kappa shape index (κ2) is 15.4. The fraction of sp³-hybridized carbons (Fsp3) is 0.375.